The fraction of sp³-hybridized carbons (Fsp3) is 0.636. The Morgan fingerprint density at radius 3 is 2.94 bits per heavy atom. The van der Waals surface area contributed by atoms with Crippen LogP contribution in [-0.2, 0) is 16.1 Å². The van der Waals surface area contributed by atoms with Crippen molar-refractivity contribution in [3.05, 3.63) is 16.1 Å². The van der Waals surface area contributed by atoms with Gasteiger partial charge in [-0.15, -0.1) is 11.3 Å². The van der Waals surface area contributed by atoms with E-state index >= 15 is 0 Å². The summed E-state index contributed by atoms with van der Waals surface area (Å²) in [5.74, 6) is -0.917. The number of aryl methyl sites for hydroxylation is 1. The lowest BCUT2D eigenvalue weighted by Gasteiger charge is -2.47. The zero-order valence-corrected chi connectivity index (χ0v) is 10.8. The third kappa shape index (κ3) is 3.24. The Bertz CT molecular complexity index is 413. The van der Waals surface area contributed by atoms with Gasteiger partial charge in [0.1, 0.15) is 6.61 Å². The van der Waals surface area contributed by atoms with Crippen molar-refractivity contribution < 1.29 is 14.6 Å². The van der Waals surface area contributed by atoms with Gasteiger partial charge < -0.3 is 9.84 Å². The van der Waals surface area contributed by atoms with Gasteiger partial charge in [0.25, 0.3) is 0 Å². The number of nitrogens with zero attached hydrogens (tertiary/aromatic N) is 2. The quantitative estimate of drug-likeness (QED) is 0.855. The Labute approximate surface area is 104 Å². The van der Waals surface area contributed by atoms with Crippen LogP contribution in [0.5, 0.6) is 0 Å². The molecular formula is C11H16N2O3S. The molecule has 1 N–H and O–H groups in total. The van der Waals surface area contributed by atoms with Crippen molar-refractivity contribution in [2.45, 2.75) is 26.0 Å². The molecule has 1 aliphatic heterocycles. The Hall–Kier alpha value is -0.980. The molecule has 0 aromatic carbocycles. The van der Waals surface area contributed by atoms with E-state index in [0.29, 0.717) is 0 Å². The van der Waals surface area contributed by atoms with E-state index in [4.69, 9.17) is 9.84 Å². The van der Waals surface area contributed by atoms with Crippen molar-refractivity contribution in [2.75, 3.05) is 19.7 Å². The number of aliphatic carboxylic acids is 1. The van der Waals surface area contributed by atoms with Gasteiger partial charge >= 0.3 is 5.97 Å². The van der Waals surface area contributed by atoms with Gasteiger partial charge in [-0.1, -0.05) is 0 Å². The van der Waals surface area contributed by atoms with Gasteiger partial charge in [0.05, 0.1) is 16.3 Å². The summed E-state index contributed by atoms with van der Waals surface area (Å²) in [7, 11) is 0. The van der Waals surface area contributed by atoms with E-state index in [1.54, 1.807) is 11.3 Å². The van der Waals surface area contributed by atoms with Gasteiger partial charge in [-0.2, -0.15) is 0 Å². The molecule has 94 valence electrons. The first-order chi connectivity index (χ1) is 7.97. The van der Waals surface area contributed by atoms with E-state index < -0.39 is 5.97 Å². The predicted molar refractivity (Wildman–Crippen MR) is 64.1 cm³/mol. The van der Waals surface area contributed by atoms with Gasteiger partial charge in [0.2, 0.25) is 0 Å². The lowest BCUT2D eigenvalue weighted by Crippen LogP contribution is -2.61. The Morgan fingerprint density at radius 1 is 1.71 bits per heavy atom. The van der Waals surface area contributed by atoms with Crippen LogP contribution in [0.2, 0.25) is 0 Å². The maximum absolute atomic E-state index is 10.4. The van der Waals surface area contributed by atoms with Crippen LogP contribution in [0, 0.1) is 6.92 Å². The minimum atomic E-state index is -0.917. The second-order valence-electron chi connectivity index (χ2n) is 4.64. The van der Waals surface area contributed by atoms with E-state index in [2.05, 4.69) is 15.3 Å². The molecular weight excluding hydrogens is 240 g/mol. The molecule has 1 aromatic heterocycles. The number of carboxylic acids is 1. The number of aromatic nitrogens is 1. The molecule has 0 unspecified atom stereocenters. The molecule has 0 bridgehead atoms. The first kappa shape index (κ1) is 12.5. The van der Waals surface area contributed by atoms with Crippen LogP contribution in [-0.4, -0.2) is 46.3 Å². The number of ether oxygens (including phenoxy) is 1. The summed E-state index contributed by atoms with van der Waals surface area (Å²) in [6.07, 6.45) is 0. The topological polar surface area (TPSA) is 62.7 Å². The van der Waals surface area contributed by atoms with Crippen molar-refractivity contribution in [3.8, 4) is 0 Å². The van der Waals surface area contributed by atoms with E-state index in [0.717, 1.165) is 30.3 Å². The van der Waals surface area contributed by atoms with Crippen molar-refractivity contribution in [2.24, 2.45) is 0 Å². The fourth-order valence-electron chi connectivity index (χ4n) is 2.05. The van der Waals surface area contributed by atoms with Crippen molar-refractivity contribution in [1.29, 1.82) is 0 Å². The first-order valence-electron chi connectivity index (χ1n) is 5.46. The van der Waals surface area contributed by atoms with Gasteiger partial charge in [-0.25, -0.2) is 9.78 Å². The molecule has 1 fully saturated rings. The Kier molecular flexibility index (Phi) is 3.46. The molecule has 5 nitrogen and oxygen atoms in total. The monoisotopic (exact) mass is 256 g/mol. The smallest absolute Gasteiger partial charge is 0.329 e. The Morgan fingerprint density at radius 2 is 2.41 bits per heavy atom. The maximum Gasteiger partial charge on any atom is 0.329 e. The summed E-state index contributed by atoms with van der Waals surface area (Å²) < 4.78 is 5.34. The lowest BCUT2D eigenvalue weighted by atomic mass is 9.96. The van der Waals surface area contributed by atoms with Crippen molar-refractivity contribution in [1.82, 2.24) is 9.88 Å². The van der Waals surface area contributed by atoms with Gasteiger partial charge in [0.15, 0.2) is 0 Å². The normalized spacial score (nSPS) is 18.9. The molecule has 1 aliphatic rings. The molecule has 1 aromatic rings. The molecule has 1 saturated heterocycles. The summed E-state index contributed by atoms with van der Waals surface area (Å²) in [6, 6.07) is 0. The summed E-state index contributed by atoms with van der Waals surface area (Å²) in [5, 5.41) is 11.7. The number of likely N-dealkylation sites (tertiary alicyclic amines) is 1. The average Bonchev–Trinajstić information content (AvgIpc) is 2.59. The van der Waals surface area contributed by atoms with E-state index in [9.17, 15) is 4.79 Å². The molecule has 0 spiro atoms. The molecule has 2 rings (SSSR count). The van der Waals surface area contributed by atoms with Crippen LogP contribution in [0.4, 0.5) is 0 Å². The summed E-state index contributed by atoms with van der Waals surface area (Å²) in [5.41, 5.74) is 0.761. The highest BCUT2D eigenvalue weighted by Crippen LogP contribution is 2.26. The Balaban J connectivity index is 1.76. The number of thiazole rings is 1. The molecule has 0 atom stereocenters. The second-order valence-corrected chi connectivity index (χ2v) is 5.70. The third-order valence-corrected chi connectivity index (χ3v) is 3.53. The van der Waals surface area contributed by atoms with E-state index in [-0.39, 0.29) is 12.2 Å². The first-order valence-corrected chi connectivity index (χ1v) is 6.34. The molecule has 17 heavy (non-hydrogen) atoms. The maximum atomic E-state index is 10.4. The number of rotatable bonds is 5. The summed E-state index contributed by atoms with van der Waals surface area (Å²) in [4.78, 5) is 17.0. The molecule has 2 heterocycles. The minimum Gasteiger partial charge on any atom is -0.480 e. The highest BCUT2D eigenvalue weighted by atomic mass is 32.1. The SMILES string of the molecule is Cc1nc(CN2CC(C)(OCC(=O)O)C2)cs1. The van der Waals surface area contributed by atoms with Crippen LogP contribution >= 0.6 is 11.3 Å². The number of hydrogen-bond acceptors (Lipinski definition) is 5. The summed E-state index contributed by atoms with van der Waals surface area (Å²) >= 11 is 1.65. The predicted octanol–water partition coefficient (Wildman–Crippen LogP) is 1.13. The highest BCUT2D eigenvalue weighted by molar-refractivity contribution is 7.09. The van der Waals surface area contributed by atoms with Crippen molar-refractivity contribution in [3.63, 3.8) is 0 Å². The zero-order chi connectivity index (χ0) is 12.5. The second kappa shape index (κ2) is 4.72. The number of carbonyl (C=O) groups is 1. The van der Waals surface area contributed by atoms with E-state index in [1.807, 2.05) is 13.8 Å². The molecule has 0 radical (unpaired) electrons. The van der Waals surface area contributed by atoms with Crippen LogP contribution < -0.4 is 0 Å². The fourth-order valence-corrected chi connectivity index (χ4v) is 2.65. The van der Waals surface area contributed by atoms with Crippen LogP contribution in [0.25, 0.3) is 0 Å². The van der Waals surface area contributed by atoms with Crippen LogP contribution in [0.3, 0.4) is 0 Å². The third-order valence-electron chi connectivity index (χ3n) is 2.71. The molecule has 0 saturated carbocycles. The van der Waals surface area contributed by atoms with Crippen LogP contribution in [0.1, 0.15) is 17.6 Å². The standard InChI is InChI=1S/C11H16N2O3S/c1-8-12-9(5-17-8)3-13-6-11(2,7-13)16-4-10(14)15/h5H,3-4,6-7H2,1-2H3,(H,14,15). The highest BCUT2D eigenvalue weighted by Gasteiger charge is 2.40. The largest absolute Gasteiger partial charge is 0.480 e. The number of carboxylic acid groups (broad SMARTS) is 1. The number of hydrogen-bond donors (Lipinski definition) is 1. The average molecular weight is 256 g/mol. The van der Waals surface area contributed by atoms with Gasteiger partial charge in [-0.05, 0) is 13.8 Å². The van der Waals surface area contributed by atoms with Crippen molar-refractivity contribution >= 4 is 17.3 Å². The summed E-state index contributed by atoms with van der Waals surface area (Å²) in [6.45, 7) is 6.05. The van der Waals surface area contributed by atoms with Gasteiger partial charge in [-0.3, -0.25) is 4.90 Å². The van der Waals surface area contributed by atoms with Crippen LogP contribution in [0.15, 0.2) is 5.38 Å². The van der Waals surface area contributed by atoms with Gasteiger partial charge in [0, 0.05) is 25.0 Å². The zero-order valence-electron chi connectivity index (χ0n) is 9.97. The molecule has 0 amide bonds. The lowest BCUT2D eigenvalue weighted by molar-refractivity contribution is -0.165. The minimum absolute atomic E-state index is 0.222. The molecule has 0 aliphatic carbocycles. The molecule has 6 heteroatoms. The van der Waals surface area contributed by atoms with E-state index in [1.165, 1.54) is 0 Å².